The van der Waals surface area contributed by atoms with Crippen LogP contribution < -0.4 is 5.32 Å². The maximum absolute atomic E-state index is 3.21. The molecule has 0 aliphatic rings. The molecular formula is C14H21NS. The normalized spacial score (nSPS) is 12.6. The Morgan fingerprint density at radius 3 is 2.12 bits per heavy atom. The minimum atomic E-state index is 0.598. The first-order chi connectivity index (χ1) is 7.60. The van der Waals surface area contributed by atoms with Crippen molar-refractivity contribution in [3.8, 4) is 0 Å². The Labute approximate surface area is 103 Å². The SMILES string of the molecule is CN/C(C)=C(\SC)c1ccc(C(C)C)cc1. The lowest BCUT2D eigenvalue weighted by atomic mass is 10.0. The van der Waals surface area contributed by atoms with Crippen molar-refractivity contribution < 1.29 is 0 Å². The highest BCUT2D eigenvalue weighted by atomic mass is 32.2. The van der Waals surface area contributed by atoms with Crippen LogP contribution in [-0.4, -0.2) is 13.3 Å². The molecule has 0 aliphatic heterocycles. The molecule has 1 nitrogen and oxygen atoms in total. The van der Waals surface area contributed by atoms with Crippen LogP contribution in [0, 0.1) is 0 Å². The number of hydrogen-bond acceptors (Lipinski definition) is 2. The summed E-state index contributed by atoms with van der Waals surface area (Å²) in [5.41, 5.74) is 3.92. The van der Waals surface area contributed by atoms with Crippen LogP contribution in [0.1, 0.15) is 37.8 Å². The molecule has 1 rings (SSSR count). The predicted molar refractivity (Wildman–Crippen MR) is 75.7 cm³/mol. The quantitative estimate of drug-likeness (QED) is 0.844. The molecule has 0 heterocycles. The molecule has 0 amide bonds. The van der Waals surface area contributed by atoms with E-state index in [1.165, 1.54) is 21.7 Å². The highest BCUT2D eigenvalue weighted by molar-refractivity contribution is 8.07. The van der Waals surface area contributed by atoms with E-state index < -0.39 is 0 Å². The smallest absolute Gasteiger partial charge is 0.0328 e. The number of nitrogens with one attached hydrogen (secondary N) is 1. The van der Waals surface area contributed by atoms with Gasteiger partial charge in [0.1, 0.15) is 0 Å². The second-order valence-electron chi connectivity index (χ2n) is 4.18. The van der Waals surface area contributed by atoms with Crippen LogP contribution in [0.2, 0.25) is 0 Å². The van der Waals surface area contributed by atoms with Crippen molar-refractivity contribution in [2.45, 2.75) is 26.7 Å². The summed E-state index contributed by atoms with van der Waals surface area (Å²) in [6.45, 7) is 6.56. The Bertz CT molecular complexity index is 363. The van der Waals surface area contributed by atoms with Gasteiger partial charge in [0.2, 0.25) is 0 Å². The van der Waals surface area contributed by atoms with Crippen LogP contribution in [0.4, 0.5) is 0 Å². The number of hydrogen-bond donors (Lipinski definition) is 1. The van der Waals surface area contributed by atoms with Crippen LogP contribution in [0.3, 0.4) is 0 Å². The van der Waals surface area contributed by atoms with Crippen molar-refractivity contribution in [2.24, 2.45) is 0 Å². The molecule has 0 saturated heterocycles. The third kappa shape index (κ3) is 3.05. The molecule has 0 saturated carbocycles. The third-order valence-corrected chi connectivity index (χ3v) is 3.71. The van der Waals surface area contributed by atoms with E-state index in [4.69, 9.17) is 0 Å². The molecule has 0 aromatic heterocycles. The van der Waals surface area contributed by atoms with Gasteiger partial charge in [-0.1, -0.05) is 38.1 Å². The maximum Gasteiger partial charge on any atom is 0.0328 e. The lowest BCUT2D eigenvalue weighted by molar-refractivity contribution is 0.866. The van der Waals surface area contributed by atoms with Crippen LogP contribution in [0.15, 0.2) is 30.0 Å². The fourth-order valence-electron chi connectivity index (χ4n) is 1.62. The van der Waals surface area contributed by atoms with E-state index in [9.17, 15) is 0 Å². The molecule has 0 bridgehead atoms. The van der Waals surface area contributed by atoms with Gasteiger partial charge in [-0.05, 0) is 30.2 Å². The molecule has 0 spiro atoms. The summed E-state index contributed by atoms with van der Waals surface area (Å²) >= 11 is 1.79. The average Bonchev–Trinajstić information content (AvgIpc) is 2.30. The fourth-order valence-corrected chi connectivity index (χ4v) is 2.40. The number of rotatable bonds is 4. The van der Waals surface area contributed by atoms with Crippen molar-refractivity contribution in [3.05, 3.63) is 41.1 Å². The van der Waals surface area contributed by atoms with Gasteiger partial charge in [-0.3, -0.25) is 0 Å². The largest absolute Gasteiger partial charge is 0.391 e. The van der Waals surface area contributed by atoms with E-state index in [1.54, 1.807) is 11.8 Å². The predicted octanol–water partition coefficient (Wildman–Crippen LogP) is 4.08. The molecule has 88 valence electrons. The van der Waals surface area contributed by atoms with E-state index in [-0.39, 0.29) is 0 Å². The van der Waals surface area contributed by atoms with Gasteiger partial charge in [0.15, 0.2) is 0 Å². The van der Waals surface area contributed by atoms with Gasteiger partial charge in [0, 0.05) is 17.6 Å². The maximum atomic E-state index is 3.21. The number of thioether (sulfide) groups is 1. The van der Waals surface area contributed by atoms with Gasteiger partial charge in [-0.15, -0.1) is 11.8 Å². The molecule has 2 heteroatoms. The Kier molecular flexibility index (Phi) is 4.94. The van der Waals surface area contributed by atoms with Crippen LogP contribution in [0.5, 0.6) is 0 Å². The zero-order valence-electron chi connectivity index (χ0n) is 10.8. The molecular weight excluding hydrogens is 214 g/mol. The lowest BCUT2D eigenvalue weighted by Crippen LogP contribution is -2.04. The van der Waals surface area contributed by atoms with Crippen LogP contribution in [0.25, 0.3) is 4.91 Å². The fraction of sp³-hybridized carbons (Fsp3) is 0.429. The number of benzene rings is 1. The van der Waals surface area contributed by atoms with Crippen molar-refractivity contribution in [1.82, 2.24) is 5.32 Å². The molecule has 16 heavy (non-hydrogen) atoms. The summed E-state index contributed by atoms with van der Waals surface area (Å²) < 4.78 is 0. The van der Waals surface area contributed by atoms with Crippen molar-refractivity contribution >= 4 is 16.7 Å². The summed E-state index contributed by atoms with van der Waals surface area (Å²) in [5.74, 6) is 0.598. The van der Waals surface area contributed by atoms with Gasteiger partial charge in [-0.2, -0.15) is 0 Å². The Hall–Kier alpha value is -0.890. The first-order valence-corrected chi connectivity index (χ1v) is 6.85. The topological polar surface area (TPSA) is 12.0 Å². The summed E-state index contributed by atoms with van der Waals surface area (Å²) in [5, 5.41) is 3.21. The van der Waals surface area contributed by atoms with Gasteiger partial charge >= 0.3 is 0 Å². The zero-order valence-corrected chi connectivity index (χ0v) is 11.6. The highest BCUT2D eigenvalue weighted by Gasteiger charge is 2.05. The summed E-state index contributed by atoms with van der Waals surface area (Å²) in [6.07, 6.45) is 2.12. The lowest BCUT2D eigenvalue weighted by Gasteiger charge is -2.11. The second-order valence-corrected chi connectivity index (χ2v) is 5.00. The van der Waals surface area contributed by atoms with Gasteiger partial charge < -0.3 is 5.32 Å². The monoisotopic (exact) mass is 235 g/mol. The molecule has 0 radical (unpaired) electrons. The van der Waals surface area contributed by atoms with E-state index >= 15 is 0 Å². The van der Waals surface area contributed by atoms with E-state index in [0.717, 1.165) is 0 Å². The highest BCUT2D eigenvalue weighted by Crippen LogP contribution is 2.28. The summed E-state index contributed by atoms with van der Waals surface area (Å²) in [7, 11) is 1.97. The van der Waals surface area contributed by atoms with Crippen molar-refractivity contribution in [2.75, 3.05) is 13.3 Å². The number of allylic oxidation sites excluding steroid dienone is 1. The molecule has 0 aliphatic carbocycles. The van der Waals surface area contributed by atoms with Gasteiger partial charge in [0.25, 0.3) is 0 Å². The van der Waals surface area contributed by atoms with E-state index in [2.05, 4.69) is 56.6 Å². The zero-order chi connectivity index (χ0) is 12.1. The van der Waals surface area contributed by atoms with Gasteiger partial charge in [0.05, 0.1) is 0 Å². The minimum absolute atomic E-state index is 0.598. The van der Waals surface area contributed by atoms with Crippen LogP contribution in [-0.2, 0) is 0 Å². The Morgan fingerprint density at radius 2 is 1.75 bits per heavy atom. The third-order valence-electron chi connectivity index (χ3n) is 2.76. The molecule has 1 aromatic rings. The first-order valence-electron chi connectivity index (χ1n) is 5.63. The Morgan fingerprint density at radius 1 is 1.19 bits per heavy atom. The van der Waals surface area contributed by atoms with E-state index in [0.29, 0.717) is 5.92 Å². The molecule has 0 fully saturated rings. The summed E-state index contributed by atoms with van der Waals surface area (Å²) in [6, 6.07) is 8.86. The van der Waals surface area contributed by atoms with Crippen LogP contribution >= 0.6 is 11.8 Å². The first kappa shape index (κ1) is 13.2. The van der Waals surface area contributed by atoms with Crippen molar-refractivity contribution in [1.29, 1.82) is 0 Å². The molecule has 1 N–H and O–H groups in total. The summed E-state index contributed by atoms with van der Waals surface area (Å²) in [4.78, 5) is 1.32. The average molecular weight is 235 g/mol. The van der Waals surface area contributed by atoms with Gasteiger partial charge in [-0.25, -0.2) is 0 Å². The van der Waals surface area contributed by atoms with E-state index in [1.807, 2.05) is 7.05 Å². The minimum Gasteiger partial charge on any atom is -0.391 e. The molecule has 0 unspecified atom stereocenters. The molecule has 1 aromatic carbocycles. The second kappa shape index (κ2) is 6.00. The Balaban J connectivity index is 3.05. The standard InChI is InChI=1S/C14H21NS/c1-10(2)12-6-8-13(9-7-12)14(16-5)11(3)15-4/h6-10,15H,1-5H3/b14-11-. The van der Waals surface area contributed by atoms with Crippen molar-refractivity contribution in [3.63, 3.8) is 0 Å². The molecule has 0 atom stereocenters.